The topological polar surface area (TPSA) is 99.6 Å². The summed E-state index contributed by atoms with van der Waals surface area (Å²) < 4.78 is 7.15. The lowest BCUT2D eigenvalue weighted by molar-refractivity contribution is -0.384. The van der Waals surface area contributed by atoms with Crippen LogP contribution >= 0.6 is 0 Å². The molecule has 0 atom stereocenters. The number of non-ortho nitro benzene ring substituents is 1. The summed E-state index contributed by atoms with van der Waals surface area (Å²) in [5, 5.41) is 16.3. The molecule has 0 radical (unpaired) electrons. The van der Waals surface area contributed by atoms with Gasteiger partial charge >= 0.3 is 0 Å². The van der Waals surface area contributed by atoms with E-state index in [0.717, 1.165) is 5.56 Å². The van der Waals surface area contributed by atoms with E-state index in [1.807, 2.05) is 66.7 Å². The molecular formula is C28H20N4O4. The van der Waals surface area contributed by atoms with E-state index < -0.39 is 4.92 Å². The van der Waals surface area contributed by atoms with Gasteiger partial charge in [0.2, 0.25) is 0 Å². The van der Waals surface area contributed by atoms with Crippen molar-refractivity contribution in [3.8, 4) is 17.1 Å². The van der Waals surface area contributed by atoms with Crippen molar-refractivity contribution in [3.63, 3.8) is 0 Å². The smallest absolute Gasteiger partial charge is 0.282 e. The minimum atomic E-state index is -0.489. The molecule has 0 saturated heterocycles. The molecule has 0 aliphatic carbocycles. The molecule has 0 N–H and O–H groups in total. The number of rotatable bonds is 7. The van der Waals surface area contributed by atoms with Gasteiger partial charge in [0.15, 0.2) is 5.82 Å². The zero-order chi connectivity index (χ0) is 24.9. The summed E-state index contributed by atoms with van der Waals surface area (Å²) in [7, 11) is 0. The number of nitro groups is 1. The molecule has 0 bridgehead atoms. The molecule has 8 heteroatoms. The summed E-state index contributed by atoms with van der Waals surface area (Å²) >= 11 is 0. The molecule has 5 aromatic rings. The zero-order valence-corrected chi connectivity index (χ0v) is 19.0. The second-order valence-electron chi connectivity index (χ2n) is 7.93. The Kier molecular flexibility index (Phi) is 6.31. The number of nitrogens with zero attached hydrogens (tertiary/aromatic N) is 4. The molecule has 1 aromatic heterocycles. The van der Waals surface area contributed by atoms with Crippen molar-refractivity contribution in [2.45, 2.75) is 6.61 Å². The van der Waals surface area contributed by atoms with Gasteiger partial charge in [-0.1, -0.05) is 72.8 Å². The first kappa shape index (κ1) is 22.7. The predicted octanol–water partition coefficient (Wildman–Crippen LogP) is 5.43. The van der Waals surface area contributed by atoms with Gasteiger partial charge in [0.05, 0.1) is 22.0 Å². The van der Waals surface area contributed by atoms with Gasteiger partial charge in [-0.05, 0) is 23.8 Å². The lowest BCUT2D eigenvalue weighted by Crippen LogP contribution is -2.20. The van der Waals surface area contributed by atoms with Crippen LogP contribution in [0.1, 0.15) is 11.1 Å². The van der Waals surface area contributed by atoms with Crippen molar-refractivity contribution in [3.05, 3.63) is 135 Å². The summed E-state index contributed by atoms with van der Waals surface area (Å²) in [5.74, 6) is 0.754. The lowest BCUT2D eigenvalue weighted by Gasteiger charge is -2.11. The quantitative estimate of drug-likeness (QED) is 0.177. The summed E-state index contributed by atoms with van der Waals surface area (Å²) in [6.45, 7) is 0.270. The van der Waals surface area contributed by atoms with E-state index in [0.29, 0.717) is 33.6 Å². The molecule has 0 aliphatic rings. The van der Waals surface area contributed by atoms with E-state index in [2.05, 4.69) is 10.1 Å². The van der Waals surface area contributed by atoms with E-state index in [-0.39, 0.29) is 17.9 Å². The van der Waals surface area contributed by atoms with Crippen LogP contribution in [-0.4, -0.2) is 20.8 Å². The molecule has 0 aliphatic heterocycles. The summed E-state index contributed by atoms with van der Waals surface area (Å²) in [5.41, 5.74) is 2.09. The Hall–Kier alpha value is -5.11. The van der Waals surface area contributed by atoms with E-state index in [1.54, 1.807) is 18.2 Å². The number of nitro benzene ring substituents is 1. The molecule has 176 valence electrons. The summed E-state index contributed by atoms with van der Waals surface area (Å²) in [6.07, 6.45) is 1.39. The number of fused-ring (bicyclic) bond motifs is 1. The van der Waals surface area contributed by atoms with Crippen molar-refractivity contribution >= 4 is 22.8 Å². The van der Waals surface area contributed by atoms with E-state index in [4.69, 9.17) is 4.74 Å². The van der Waals surface area contributed by atoms with Crippen LogP contribution in [0.4, 0.5) is 5.69 Å². The molecule has 4 aromatic carbocycles. The van der Waals surface area contributed by atoms with Gasteiger partial charge in [0, 0.05) is 23.3 Å². The predicted molar refractivity (Wildman–Crippen MR) is 138 cm³/mol. The Balaban J connectivity index is 1.60. The van der Waals surface area contributed by atoms with Gasteiger partial charge in [-0.25, -0.2) is 4.98 Å². The van der Waals surface area contributed by atoms with Gasteiger partial charge in [0.1, 0.15) is 12.4 Å². The molecule has 0 amide bonds. The molecule has 8 nitrogen and oxygen atoms in total. The highest BCUT2D eigenvalue weighted by Gasteiger charge is 2.14. The monoisotopic (exact) mass is 476 g/mol. The highest BCUT2D eigenvalue weighted by Crippen LogP contribution is 2.25. The largest absolute Gasteiger partial charge is 0.488 e. The molecule has 5 rings (SSSR count). The van der Waals surface area contributed by atoms with Crippen LogP contribution in [0.5, 0.6) is 5.75 Å². The Morgan fingerprint density at radius 2 is 1.61 bits per heavy atom. The standard InChI is InChI=1S/C28H20N4O4/c33-28-24-13-7-8-14-25(24)30-27(21-11-5-2-6-12-21)31(28)29-18-22-17-23(32(34)35)15-16-26(22)36-19-20-9-3-1-4-10-20/h1-18H,19H2. The SMILES string of the molecule is O=c1c2ccccc2nc(-c2ccccc2)n1N=Cc1cc([N+](=O)[O-])ccc1OCc1ccccc1. The summed E-state index contributed by atoms with van der Waals surface area (Å²) in [6, 6.07) is 30.1. The Morgan fingerprint density at radius 1 is 0.917 bits per heavy atom. The molecule has 36 heavy (non-hydrogen) atoms. The van der Waals surface area contributed by atoms with Crippen LogP contribution in [0.2, 0.25) is 0 Å². The Bertz CT molecular complexity index is 1630. The van der Waals surface area contributed by atoms with Crippen LogP contribution in [0, 0.1) is 10.1 Å². The maximum atomic E-state index is 13.4. The highest BCUT2D eigenvalue weighted by molar-refractivity contribution is 5.85. The van der Waals surface area contributed by atoms with E-state index in [1.165, 1.54) is 29.1 Å². The third-order valence-corrected chi connectivity index (χ3v) is 5.54. The minimum Gasteiger partial charge on any atom is -0.488 e. The minimum absolute atomic E-state index is 0.115. The maximum absolute atomic E-state index is 13.4. The normalized spacial score (nSPS) is 11.1. The number of para-hydroxylation sites is 1. The van der Waals surface area contributed by atoms with Crippen molar-refractivity contribution in [2.24, 2.45) is 5.10 Å². The summed E-state index contributed by atoms with van der Waals surface area (Å²) in [4.78, 5) is 29.0. The number of benzene rings is 4. The average molecular weight is 476 g/mol. The van der Waals surface area contributed by atoms with E-state index in [9.17, 15) is 14.9 Å². The fourth-order valence-electron chi connectivity index (χ4n) is 3.74. The number of hydrogen-bond acceptors (Lipinski definition) is 6. The third-order valence-electron chi connectivity index (χ3n) is 5.54. The zero-order valence-electron chi connectivity index (χ0n) is 19.0. The first-order valence-electron chi connectivity index (χ1n) is 11.2. The van der Waals surface area contributed by atoms with Gasteiger partial charge in [-0.15, -0.1) is 0 Å². The number of ether oxygens (including phenoxy) is 1. The van der Waals surface area contributed by atoms with Crippen molar-refractivity contribution < 1.29 is 9.66 Å². The highest BCUT2D eigenvalue weighted by atomic mass is 16.6. The van der Waals surface area contributed by atoms with Crippen LogP contribution in [-0.2, 0) is 6.61 Å². The van der Waals surface area contributed by atoms with Crippen LogP contribution in [0.3, 0.4) is 0 Å². The Morgan fingerprint density at radius 3 is 2.36 bits per heavy atom. The molecule has 0 spiro atoms. The molecular weight excluding hydrogens is 456 g/mol. The van der Waals surface area contributed by atoms with Crippen LogP contribution in [0.25, 0.3) is 22.3 Å². The van der Waals surface area contributed by atoms with Gasteiger partial charge in [-0.3, -0.25) is 14.9 Å². The average Bonchev–Trinajstić information content (AvgIpc) is 2.92. The second-order valence-corrected chi connectivity index (χ2v) is 7.93. The first-order chi connectivity index (χ1) is 17.6. The first-order valence-corrected chi connectivity index (χ1v) is 11.2. The van der Waals surface area contributed by atoms with Crippen molar-refractivity contribution in [1.82, 2.24) is 9.66 Å². The van der Waals surface area contributed by atoms with E-state index >= 15 is 0 Å². The molecule has 0 unspecified atom stereocenters. The van der Waals surface area contributed by atoms with Crippen molar-refractivity contribution in [2.75, 3.05) is 0 Å². The molecule has 1 heterocycles. The van der Waals surface area contributed by atoms with Gasteiger partial charge in [0.25, 0.3) is 11.2 Å². The van der Waals surface area contributed by atoms with Crippen LogP contribution in [0.15, 0.2) is 113 Å². The number of aromatic nitrogens is 2. The fourth-order valence-corrected chi connectivity index (χ4v) is 3.74. The van der Waals surface area contributed by atoms with Crippen molar-refractivity contribution in [1.29, 1.82) is 0 Å². The van der Waals surface area contributed by atoms with Gasteiger partial charge in [-0.2, -0.15) is 9.78 Å². The maximum Gasteiger partial charge on any atom is 0.282 e. The Labute approximate surface area is 205 Å². The second kappa shape index (κ2) is 10.0. The third kappa shape index (κ3) is 4.74. The van der Waals surface area contributed by atoms with Crippen LogP contribution < -0.4 is 10.3 Å². The van der Waals surface area contributed by atoms with Gasteiger partial charge < -0.3 is 4.74 Å². The fraction of sp³-hybridized carbons (Fsp3) is 0.0357. The molecule has 0 saturated carbocycles. The molecule has 0 fully saturated rings. The number of hydrogen-bond donors (Lipinski definition) is 0. The lowest BCUT2D eigenvalue weighted by atomic mass is 10.2.